The highest BCUT2D eigenvalue weighted by atomic mass is 35.5. The quantitative estimate of drug-likeness (QED) is 0.167. The van der Waals surface area contributed by atoms with Crippen molar-refractivity contribution < 1.29 is 38.5 Å². The molecule has 0 radical (unpaired) electrons. The Balaban J connectivity index is 1.04. The minimum absolute atomic E-state index is 0.102. The fraction of sp³-hybridized carbons (Fsp3) is 0.308. The predicted molar refractivity (Wildman–Crippen MR) is 208 cm³/mol. The summed E-state index contributed by atoms with van der Waals surface area (Å²) in [5, 5.41) is 24.4. The molecule has 56 heavy (non-hydrogen) atoms. The first kappa shape index (κ1) is 38.9. The Morgan fingerprint density at radius 2 is 1.73 bits per heavy atom. The second kappa shape index (κ2) is 17.2. The Morgan fingerprint density at radius 1 is 1.02 bits per heavy atom. The SMILES string of the molecule is COC(=O)C1=C(CN2CCN3C(=O)N(c4ccc(Oc5ccc(C(=O)N(CCO)CCO)cc5)cc4)CC3C2)NC(c2nccs2)=NC1c1ccc(F)cc1Cl. The van der Waals surface area contributed by atoms with Gasteiger partial charge in [-0.2, -0.15) is 0 Å². The van der Waals surface area contributed by atoms with Gasteiger partial charge in [-0.05, 0) is 60.7 Å². The second-order valence-electron chi connectivity index (χ2n) is 13.2. The van der Waals surface area contributed by atoms with Crippen LogP contribution < -0.4 is 15.0 Å². The van der Waals surface area contributed by atoms with Gasteiger partial charge in [0, 0.05) is 84.9 Å². The monoisotopic (exact) mass is 803 g/mol. The fourth-order valence-corrected chi connectivity index (χ4v) is 7.92. The summed E-state index contributed by atoms with van der Waals surface area (Å²) in [5.74, 6) is 0.0937. The van der Waals surface area contributed by atoms with E-state index in [0.717, 1.165) is 0 Å². The number of nitrogens with one attached hydrogen (secondary N) is 1. The lowest BCUT2D eigenvalue weighted by atomic mass is 9.95. The Bertz CT molecular complexity index is 2130. The molecule has 1 aromatic heterocycles. The molecular formula is C39H39ClFN7O7S. The van der Waals surface area contributed by atoms with Crippen molar-refractivity contribution in [2.24, 2.45) is 4.99 Å². The number of fused-ring (bicyclic) bond motifs is 1. The largest absolute Gasteiger partial charge is 0.466 e. The van der Waals surface area contributed by atoms with Crippen LogP contribution in [0.25, 0.3) is 0 Å². The zero-order valence-corrected chi connectivity index (χ0v) is 31.9. The Morgan fingerprint density at radius 3 is 2.38 bits per heavy atom. The summed E-state index contributed by atoms with van der Waals surface area (Å²) in [4.78, 5) is 56.2. The highest BCUT2D eigenvalue weighted by molar-refractivity contribution is 7.11. The van der Waals surface area contributed by atoms with Crippen LogP contribution in [0.1, 0.15) is 27.0 Å². The number of anilines is 1. The lowest BCUT2D eigenvalue weighted by Gasteiger charge is -2.38. The average molecular weight is 804 g/mol. The Labute approximate surface area is 331 Å². The molecule has 3 amide bonds. The molecule has 14 nitrogen and oxygen atoms in total. The number of piperazine rings is 1. The fourth-order valence-electron chi connectivity index (χ4n) is 7.06. The number of urea groups is 1. The third kappa shape index (κ3) is 8.24. The van der Waals surface area contributed by atoms with Crippen LogP contribution in [0.3, 0.4) is 0 Å². The van der Waals surface area contributed by atoms with Crippen molar-refractivity contribution in [3.05, 3.63) is 117 Å². The van der Waals surface area contributed by atoms with E-state index in [1.807, 2.05) is 22.4 Å². The van der Waals surface area contributed by atoms with Crippen molar-refractivity contribution in [3.8, 4) is 11.5 Å². The van der Waals surface area contributed by atoms with Gasteiger partial charge < -0.3 is 34.8 Å². The van der Waals surface area contributed by atoms with Gasteiger partial charge in [-0.25, -0.2) is 19.0 Å². The highest BCUT2D eigenvalue weighted by Gasteiger charge is 2.42. The maximum absolute atomic E-state index is 14.1. The van der Waals surface area contributed by atoms with Crippen LogP contribution in [-0.2, 0) is 9.53 Å². The number of aliphatic hydroxyl groups excluding tert-OH is 2. The zero-order chi connectivity index (χ0) is 39.3. The number of amides is 3. The summed E-state index contributed by atoms with van der Waals surface area (Å²) in [7, 11) is 1.30. The number of aliphatic hydroxyl groups is 2. The van der Waals surface area contributed by atoms with Crippen LogP contribution in [0.4, 0.5) is 14.9 Å². The van der Waals surface area contributed by atoms with Gasteiger partial charge in [0.2, 0.25) is 0 Å². The number of hydrogen-bond acceptors (Lipinski definition) is 12. The zero-order valence-electron chi connectivity index (χ0n) is 30.3. The van der Waals surface area contributed by atoms with Gasteiger partial charge in [-0.15, -0.1) is 11.3 Å². The molecule has 2 saturated heterocycles. The standard InChI is InChI=1S/C39H39ClFN7O7S/c1-54-38(52)33-32(43-35(36-42-12-19-56-36)44-34(33)30-11-4-25(41)20-31(30)40)23-45-13-14-47-27(21-45)22-48(39(47)53)26-5-9-29(10-6-26)55-28-7-2-24(3-8-28)37(51)46(15-17-49)16-18-50/h2-12,19-20,27,34,49-50H,13-18,21-23H2,1H3,(H,43,44). The molecule has 2 fully saturated rings. The molecule has 4 heterocycles. The number of benzene rings is 3. The van der Waals surface area contributed by atoms with Crippen LogP contribution >= 0.6 is 22.9 Å². The van der Waals surface area contributed by atoms with Crippen molar-refractivity contribution in [3.63, 3.8) is 0 Å². The summed E-state index contributed by atoms with van der Waals surface area (Å²) in [6.07, 6.45) is 1.66. The number of ether oxygens (including phenoxy) is 2. The third-order valence-electron chi connectivity index (χ3n) is 9.75. The first-order valence-corrected chi connectivity index (χ1v) is 19.1. The molecular weight excluding hydrogens is 765 g/mol. The molecule has 3 aromatic carbocycles. The van der Waals surface area contributed by atoms with Crippen molar-refractivity contribution in [1.82, 2.24) is 25.0 Å². The summed E-state index contributed by atoms with van der Waals surface area (Å²) >= 11 is 7.89. The molecule has 0 saturated carbocycles. The van der Waals surface area contributed by atoms with E-state index in [1.165, 1.54) is 41.5 Å². The highest BCUT2D eigenvalue weighted by Crippen LogP contribution is 2.37. The normalized spacial score (nSPS) is 18.4. The molecule has 2 unspecified atom stereocenters. The predicted octanol–water partition coefficient (Wildman–Crippen LogP) is 4.30. The van der Waals surface area contributed by atoms with E-state index in [9.17, 15) is 29.0 Å². The molecule has 0 bridgehead atoms. The number of hydrogen-bond donors (Lipinski definition) is 3. The van der Waals surface area contributed by atoms with Crippen LogP contribution in [0.2, 0.25) is 5.02 Å². The van der Waals surface area contributed by atoms with E-state index in [-0.39, 0.29) is 54.9 Å². The molecule has 2 atom stereocenters. The number of esters is 1. The van der Waals surface area contributed by atoms with Crippen molar-refractivity contribution >= 4 is 52.4 Å². The van der Waals surface area contributed by atoms with Gasteiger partial charge in [0.15, 0.2) is 10.8 Å². The van der Waals surface area contributed by atoms with E-state index in [0.29, 0.717) is 77.6 Å². The summed E-state index contributed by atoms with van der Waals surface area (Å²) in [6, 6.07) is 16.7. The van der Waals surface area contributed by atoms with Gasteiger partial charge in [0.1, 0.15) is 23.4 Å². The van der Waals surface area contributed by atoms with E-state index in [1.54, 1.807) is 47.5 Å². The maximum Gasteiger partial charge on any atom is 0.338 e. The molecule has 3 N–H and O–H groups in total. The van der Waals surface area contributed by atoms with E-state index < -0.39 is 17.8 Å². The minimum atomic E-state index is -0.878. The first-order chi connectivity index (χ1) is 27.2. The van der Waals surface area contributed by atoms with Crippen LogP contribution in [0.5, 0.6) is 11.5 Å². The molecule has 4 aromatic rings. The van der Waals surface area contributed by atoms with Gasteiger partial charge in [-0.3, -0.25) is 19.6 Å². The van der Waals surface area contributed by atoms with E-state index >= 15 is 0 Å². The molecule has 7 rings (SSSR count). The minimum Gasteiger partial charge on any atom is -0.466 e. The molecule has 3 aliphatic heterocycles. The molecule has 292 valence electrons. The number of carbonyl (C=O) groups excluding carboxylic acids is 3. The lowest BCUT2D eigenvalue weighted by molar-refractivity contribution is -0.136. The van der Waals surface area contributed by atoms with Gasteiger partial charge in [-0.1, -0.05) is 17.7 Å². The summed E-state index contributed by atoms with van der Waals surface area (Å²) in [5.41, 5.74) is 2.37. The van der Waals surface area contributed by atoms with Crippen molar-refractivity contribution in [1.29, 1.82) is 0 Å². The van der Waals surface area contributed by atoms with Crippen LogP contribution in [0, 0.1) is 5.82 Å². The molecule has 0 aliphatic carbocycles. The third-order valence-corrected chi connectivity index (χ3v) is 10.9. The van der Waals surface area contributed by atoms with E-state index in [2.05, 4.69) is 15.2 Å². The first-order valence-electron chi connectivity index (χ1n) is 17.9. The number of carbonyl (C=O) groups is 3. The van der Waals surface area contributed by atoms with Crippen molar-refractivity contribution in [2.45, 2.75) is 12.1 Å². The summed E-state index contributed by atoms with van der Waals surface area (Å²) in [6.45, 7) is 2.13. The van der Waals surface area contributed by atoms with Crippen LogP contribution in [-0.4, -0.2) is 126 Å². The molecule has 0 spiro atoms. The van der Waals surface area contributed by atoms with E-state index in [4.69, 9.17) is 26.1 Å². The number of nitrogens with zero attached hydrogens (tertiary/aromatic N) is 6. The molecule has 17 heteroatoms. The maximum atomic E-state index is 14.1. The Kier molecular flexibility index (Phi) is 11.9. The smallest absolute Gasteiger partial charge is 0.338 e. The lowest BCUT2D eigenvalue weighted by Crippen LogP contribution is -2.53. The Hall–Kier alpha value is -5.39. The average Bonchev–Trinajstić information content (AvgIpc) is 3.86. The van der Waals surface area contributed by atoms with Gasteiger partial charge >= 0.3 is 12.0 Å². The van der Waals surface area contributed by atoms with Gasteiger partial charge in [0.05, 0.1) is 31.9 Å². The number of amidine groups is 1. The second-order valence-corrected chi connectivity index (χ2v) is 14.5. The number of halogens is 2. The molecule has 3 aliphatic rings. The number of aromatic nitrogens is 1. The van der Waals surface area contributed by atoms with Crippen molar-refractivity contribution in [2.75, 3.05) is 71.0 Å². The summed E-state index contributed by atoms with van der Waals surface area (Å²) < 4.78 is 25.3. The number of aliphatic imine (C=N–C) groups is 1. The topological polar surface area (TPSA) is 160 Å². The number of rotatable bonds is 13. The number of methoxy groups -OCH3 is 1. The van der Waals surface area contributed by atoms with Gasteiger partial charge in [0.25, 0.3) is 5.91 Å². The van der Waals surface area contributed by atoms with Crippen LogP contribution in [0.15, 0.2) is 94.6 Å². The number of thiazole rings is 1.